The van der Waals surface area contributed by atoms with Crippen LogP contribution in [0.15, 0.2) is 0 Å². The van der Waals surface area contributed by atoms with Crippen molar-refractivity contribution in [3.05, 3.63) is 0 Å². The average Bonchev–Trinajstić information content (AvgIpc) is 2.38. The predicted molar refractivity (Wildman–Crippen MR) is 74.9 cm³/mol. The Balaban J connectivity index is 2.22. The molecule has 110 valence electrons. The first-order valence-corrected chi connectivity index (χ1v) is 7.63. The van der Waals surface area contributed by atoms with Crippen molar-refractivity contribution in [3.8, 4) is 0 Å². The fraction of sp³-hybridized carbons (Fsp3) is 0.867. The normalized spacial score (nSPS) is 19.4. The molecule has 0 radical (unpaired) electrons. The molecule has 0 aromatic heterocycles. The molecule has 4 nitrogen and oxygen atoms in total. The molecule has 1 unspecified atom stereocenters. The number of carbonyl (C=O) groups excluding carboxylic acids is 1. The number of carboxylic acids is 1. The number of rotatable bonds is 8. The van der Waals surface area contributed by atoms with Crippen LogP contribution in [0.1, 0.15) is 64.7 Å². The van der Waals surface area contributed by atoms with Gasteiger partial charge >= 0.3 is 5.97 Å². The summed E-state index contributed by atoms with van der Waals surface area (Å²) in [6.07, 6.45) is 8.49. The molecule has 0 saturated carbocycles. The molecule has 1 saturated heterocycles. The number of unbranched alkanes of at least 4 members (excludes halogenated alkanes) is 4. The minimum atomic E-state index is -0.751. The van der Waals surface area contributed by atoms with Gasteiger partial charge in [-0.1, -0.05) is 32.6 Å². The van der Waals surface area contributed by atoms with E-state index in [9.17, 15) is 9.59 Å². The van der Waals surface area contributed by atoms with Crippen molar-refractivity contribution >= 4 is 11.9 Å². The Morgan fingerprint density at radius 2 is 1.95 bits per heavy atom. The molecular formula is C15H27NO3. The first-order chi connectivity index (χ1) is 9.13. The van der Waals surface area contributed by atoms with Gasteiger partial charge in [-0.2, -0.15) is 0 Å². The van der Waals surface area contributed by atoms with E-state index in [0.29, 0.717) is 13.0 Å². The summed E-state index contributed by atoms with van der Waals surface area (Å²) < 4.78 is 0. The Labute approximate surface area is 116 Å². The monoisotopic (exact) mass is 269 g/mol. The van der Waals surface area contributed by atoms with Crippen LogP contribution in [-0.4, -0.2) is 35.0 Å². The third kappa shape index (κ3) is 6.60. The van der Waals surface area contributed by atoms with Gasteiger partial charge in [0.25, 0.3) is 0 Å². The van der Waals surface area contributed by atoms with Gasteiger partial charge in [0.2, 0.25) is 5.91 Å². The first kappa shape index (κ1) is 16.0. The Bertz CT molecular complexity index is 291. The molecule has 1 rings (SSSR count). The zero-order valence-electron chi connectivity index (χ0n) is 12.1. The van der Waals surface area contributed by atoms with Crippen LogP contribution in [-0.2, 0) is 9.59 Å². The highest BCUT2D eigenvalue weighted by Crippen LogP contribution is 2.20. The van der Waals surface area contributed by atoms with Crippen molar-refractivity contribution in [2.24, 2.45) is 5.92 Å². The Morgan fingerprint density at radius 3 is 2.63 bits per heavy atom. The summed E-state index contributed by atoms with van der Waals surface area (Å²) in [6.45, 7) is 3.63. The molecule has 4 heteroatoms. The van der Waals surface area contributed by atoms with Crippen molar-refractivity contribution < 1.29 is 14.7 Å². The lowest BCUT2D eigenvalue weighted by Crippen LogP contribution is -2.40. The maximum Gasteiger partial charge on any atom is 0.303 e. The van der Waals surface area contributed by atoms with Crippen LogP contribution >= 0.6 is 0 Å². The van der Waals surface area contributed by atoms with Crippen LogP contribution in [0.4, 0.5) is 0 Å². The summed E-state index contributed by atoms with van der Waals surface area (Å²) in [5, 5.41) is 8.81. The molecule has 0 aromatic carbocycles. The van der Waals surface area contributed by atoms with Crippen LogP contribution in [0, 0.1) is 5.92 Å². The van der Waals surface area contributed by atoms with Gasteiger partial charge in [-0.25, -0.2) is 0 Å². The lowest BCUT2D eigenvalue weighted by molar-refractivity contribution is -0.140. The maximum atomic E-state index is 12.0. The van der Waals surface area contributed by atoms with Gasteiger partial charge in [-0.15, -0.1) is 0 Å². The molecule has 0 spiro atoms. The third-order valence-corrected chi connectivity index (χ3v) is 3.83. The standard InChI is InChI=1S/C15H27NO3/c1-2-3-4-5-6-9-14(17)16-10-7-8-13(12-16)11-15(18)19/h13H,2-12H2,1H3,(H,18,19). The van der Waals surface area contributed by atoms with Crippen molar-refractivity contribution in [1.29, 1.82) is 0 Å². The molecule has 0 aromatic rings. The number of piperidine rings is 1. The summed E-state index contributed by atoms with van der Waals surface area (Å²) in [7, 11) is 0. The van der Waals surface area contributed by atoms with Gasteiger partial charge < -0.3 is 10.0 Å². The number of hydrogen-bond acceptors (Lipinski definition) is 2. The summed E-state index contributed by atoms with van der Waals surface area (Å²) in [4.78, 5) is 24.6. The SMILES string of the molecule is CCCCCCCC(=O)N1CCCC(CC(=O)O)C1. The molecule has 1 heterocycles. The largest absolute Gasteiger partial charge is 0.481 e. The van der Waals surface area contributed by atoms with E-state index >= 15 is 0 Å². The van der Waals surface area contributed by atoms with Crippen LogP contribution in [0.25, 0.3) is 0 Å². The van der Waals surface area contributed by atoms with Crippen molar-refractivity contribution in [2.45, 2.75) is 64.7 Å². The number of likely N-dealkylation sites (tertiary alicyclic amines) is 1. The topological polar surface area (TPSA) is 57.6 Å². The highest BCUT2D eigenvalue weighted by atomic mass is 16.4. The van der Waals surface area contributed by atoms with Crippen LogP contribution in [0.3, 0.4) is 0 Å². The fourth-order valence-electron chi connectivity index (χ4n) is 2.74. The summed E-state index contributed by atoms with van der Waals surface area (Å²) in [6, 6.07) is 0. The Kier molecular flexibility index (Phi) is 7.53. The number of hydrogen-bond donors (Lipinski definition) is 1. The van der Waals surface area contributed by atoms with Crippen LogP contribution in [0.5, 0.6) is 0 Å². The van der Waals surface area contributed by atoms with E-state index in [0.717, 1.165) is 32.2 Å². The van der Waals surface area contributed by atoms with Gasteiger partial charge in [-0.05, 0) is 25.2 Å². The van der Waals surface area contributed by atoms with E-state index < -0.39 is 5.97 Å². The van der Waals surface area contributed by atoms with Crippen molar-refractivity contribution in [3.63, 3.8) is 0 Å². The minimum absolute atomic E-state index is 0.148. The molecule has 1 atom stereocenters. The van der Waals surface area contributed by atoms with Crippen LogP contribution < -0.4 is 0 Å². The second-order valence-electron chi connectivity index (χ2n) is 5.61. The number of aliphatic carboxylic acids is 1. The van der Waals surface area contributed by atoms with E-state index in [1.54, 1.807) is 0 Å². The molecule has 19 heavy (non-hydrogen) atoms. The average molecular weight is 269 g/mol. The van der Waals surface area contributed by atoms with Gasteiger partial charge in [-0.3, -0.25) is 9.59 Å². The molecule has 1 N–H and O–H groups in total. The van der Waals surface area contributed by atoms with Crippen molar-refractivity contribution in [2.75, 3.05) is 13.1 Å². The second kappa shape index (κ2) is 8.94. The smallest absolute Gasteiger partial charge is 0.303 e. The minimum Gasteiger partial charge on any atom is -0.481 e. The molecular weight excluding hydrogens is 242 g/mol. The lowest BCUT2D eigenvalue weighted by atomic mass is 9.94. The Hall–Kier alpha value is -1.06. The van der Waals surface area contributed by atoms with Crippen LogP contribution in [0.2, 0.25) is 0 Å². The van der Waals surface area contributed by atoms with Gasteiger partial charge in [0.15, 0.2) is 0 Å². The zero-order chi connectivity index (χ0) is 14.1. The second-order valence-corrected chi connectivity index (χ2v) is 5.61. The molecule has 1 aliphatic rings. The van der Waals surface area contributed by atoms with Gasteiger partial charge in [0, 0.05) is 25.9 Å². The van der Waals surface area contributed by atoms with E-state index in [1.807, 2.05) is 4.90 Å². The number of carboxylic acid groups (broad SMARTS) is 1. The molecule has 0 aliphatic carbocycles. The third-order valence-electron chi connectivity index (χ3n) is 3.83. The van der Waals surface area contributed by atoms with E-state index in [-0.39, 0.29) is 18.2 Å². The summed E-state index contributed by atoms with van der Waals surface area (Å²) in [5.41, 5.74) is 0. The molecule has 1 aliphatic heterocycles. The highest BCUT2D eigenvalue weighted by molar-refractivity contribution is 5.76. The quantitative estimate of drug-likeness (QED) is 0.689. The number of amides is 1. The summed E-state index contributed by atoms with van der Waals surface area (Å²) >= 11 is 0. The maximum absolute atomic E-state index is 12.0. The zero-order valence-corrected chi connectivity index (χ0v) is 12.1. The lowest BCUT2D eigenvalue weighted by Gasteiger charge is -2.32. The molecule has 0 bridgehead atoms. The number of carbonyl (C=O) groups is 2. The Morgan fingerprint density at radius 1 is 1.21 bits per heavy atom. The first-order valence-electron chi connectivity index (χ1n) is 7.63. The number of nitrogens with zero attached hydrogens (tertiary/aromatic N) is 1. The highest BCUT2D eigenvalue weighted by Gasteiger charge is 2.24. The van der Waals surface area contributed by atoms with E-state index in [1.165, 1.54) is 19.3 Å². The van der Waals surface area contributed by atoms with E-state index in [4.69, 9.17) is 5.11 Å². The fourth-order valence-corrected chi connectivity index (χ4v) is 2.74. The predicted octanol–water partition coefficient (Wildman–Crippen LogP) is 3.06. The van der Waals surface area contributed by atoms with Gasteiger partial charge in [0.1, 0.15) is 0 Å². The van der Waals surface area contributed by atoms with E-state index in [2.05, 4.69) is 6.92 Å². The molecule has 1 amide bonds. The van der Waals surface area contributed by atoms with Crippen molar-refractivity contribution in [1.82, 2.24) is 4.90 Å². The molecule has 1 fully saturated rings. The summed E-state index contributed by atoms with van der Waals surface area (Å²) in [5.74, 6) is -0.388. The van der Waals surface area contributed by atoms with Gasteiger partial charge in [0.05, 0.1) is 0 Å².